The van der Waals surface area contributed by atoms with Crippen LogP contribution in [0.2, 0.25) is 5.02 Å². The van der Waals surface area contributed by atoms with Gasteiger partial charge in [0.25, 0.3) is 0 Å². The van der Waals surface area contributed by atoms with Crippen molar-refractivity contribution in [2.24, 2.45) is 5.92 Å². The lowest BCUT2D eigenvalue weighted by molar-refractivity contribution is 0.116. The Balaban J connectivity index is 1.17. The van der Waals surface area contributed by atoms with Crippen molar-refractivity contribution in [2.75, 3.05) is 42.8 Å². The first-order valence-corrected chi connectivity index (χ1v) is 12.5. The molecule has 3 heterocycles. The maximum atomic E-state index is 14.4. The Labute approximate surface area is 190 Å². The number of nitrogens with zero attached hydrogens (tertiary/aromatic N) is 3. The van der Waals surface area contributed by atoms with Crippen LogP contribution in [0.5, 0.6) is 0 Å². The molecule has 0 spiro atoms. The molecule has 2 saturated heterocycles. The number of anilines is 2. The van der Waals surface area contributed by atoms with Crippen LogP contribution >= 0.6 is 35.1 Å². The van der Waals surface area contributed by atoms with E-state index in [0.29, 0.717) is 26.8 Å². The molecule has 30 heavy (non-hydrogen) atoms. The van der Waals surface area contributed by atoms with E-state index < -0.39 is 0 Å². The summed E-state index contributed by atoms with van der Waals surface area (Å²) in [6.07, 6.45) is 7.66. The van der Waals surface area contributed by atoms with Gasteiger partial charge in [-0.2, -0.15) is 4.37 Å². The van der Waals surface area contributed by atoms with Gasteiger partial charge in [-0.15, -0.1) is 0 Å². The van der Waals surface area contributed by atoms with Gasteiger partial charge in [0.05, 0.1) is 15.6 Å². The second kappa shape index (κ2) is 10.9. The van der Waals surface area contributed by atoms with Crippen LogP contribution in [0.3, 0.4) is 0 Å². The molecule has 1 aromatic heterocycles. The fourth-order valence-electron chi connectivity index (χ4n) is 4.24. The third-order valence-electron chi connectivity index (χ3n) is 5.85. The van der Waals surface area contributed by atoms with Gasteiger partial charge in [0.1, 0.15) is 12.1 Å². The van der Waals surface area contributed by atoms with E-state index in [4.69, 9.17) is 11.6 Å². The number of unbranched alkanes of at least 4 members (excludes halogenated alkanes) is 1. The summed E-state index contributed by atoms with van der Waals surface area (Å²) < 4.78 is 21.3. The molecular formula is C20H28ClFN6S2. The van der Waals surface area contributed by atoms with E-state index in [1.54, 1.807) is 6.07 Å². The Morgan fingerprint density at radius 2 is 2.27 bits per heavy atom. The normalized spacial score (nSPS) is 21.9. The molecule has 2 fully saturated rings. The third kappa shape index (κ3) is 5.97. The summed E-state index contributed by atoms with van der Waals surface area (Å²) in [6.45, 7) is 5.48. The fraction of sp³-hybridized carbons (Fsp3) is 0.600. The number of piperidine rings is 2. The number of aromatic nitrogens is 2. The predicted octanol–water partition coefficient (Wildman–Crippen LogP) is 4.72. The molecule has 0 amide bonds. The molecule has 1 unspecified atom stereocenters. The number of nitrogens with one attached hydrogen (secondary N) is 3. The van der Waals surface area contributed by atoms with Crippen molar-refractivity contribution in [3.05, 3.63) is 29.3 Å². The van der Waals surface area contributed by atoms with Crippen LogP contribution < -0.4 is 15.4 Å². The van der Waals surface area contributed by atoms with Gasteiger partial charge in [-0.25, -0.2) is 9.37 Å². The van der Waals surface area contributed by atoms with E-state index in [0.717, 1.165) is 43.8 Å². The monoisotopic (exact) mass is 470 g/mol. The Morgan fingerprint density at radius 1 is 1.33 bits per heavy atom. The zero-order valence-electron chi connectivity index (χ0n) is 16.9. The zero-order valence-corrected chi connectivity index (χ0v) is 19.3. The lowest BCUT2D eigenvalue weighted by atomic mass is 9.85. The highest BCUT2D eigenvalue weighted by Crippen LogP contribution is 2.32. The van der Waals surface area contributed by atoms with Crippen molar-refractivity contribution in [2.45, 2.75) is 43.0 Å². The summed E-state index contributed by atoms with van der Waals surface area (Å²) >= 11 is 8.71. The maximum Gasteiger partial charge on any atom is 0.212 e. The van der Waals surface area contributed by atoms with Crippen molar-refractivity contribution in [1.29, 1.82) is 0 Å². The van der Waals surface area contributed by atoms with Crippen LogP contribution in [-0.2, 0) is 0 Å². The first-order valence-electron chi connectivity index (χ1n) is 10.6. The molecule has 4 rings (SSSR count). The molecule has 2 aliphatic rings. The summed E-state index contributed by atoms with van der Waals surface area (Å²) in [6, 6.07) is 3.79. The van der Waals surface area contributed by atoms with Gasteiger partial charge >= 0.3 is 0 Å². The summed E-state index contributed by atoms with van der Waals surface area (Å²) in [7, 11) is 0. The number of hydrogen-bond acceptors (Lipinski definition) is 8. The van der Waals surface area contributed by atoms with Crippen molar-refractivity contribution >= 4 is 45.9 Å². The molecule has 0 saturated carbocycles. The minimum atomic E-state index is -0.313. The number of fused-ring (bicyclic) bond motifs is 1. The largest absolute Gasteiger partial charge is 0.384 e. The molecule has 0 radical (unpaired) electrons. The van der Waals surface area contributed by atoms with Crippen LogP contribution in [-0.4, -0.2) is 53.0 Å². The molecule has 2 aliphatic heterocycles. The van der Waals surface area contributed by atoms with Crippen LogP contribution in [0.25, 0.3) is 0 Å². The Morgan fingerprint density at radius 3 is 3.13 bits per heavy atom. The summed E-state index contributed by atoms with van der Waals surface area (Å²) in [4.78, 5) is 7.03. The second-order valence-corrected chi connectivity index (χ2v) is 9.93. The van der Waals surface area contributed by atoms with Gasteiger partial charge in [-0.1, -0.05) is 11.6 Å². The Kier molecular flexibility index (Phi) is 8.06. The van der Waals surface area contributed by atoms with Crippen molar-refractivity contribution in [1.82, 2.24) is 19.6 Å². The molecule has 3 N–H and O–H groups in total. The van der Waals surface area contributed by atoms with Gasteiger partial charge in [0.2, 0.25) is 5.13 Å². The first kappa shape index (κ1) is 22.1. The Hall–Kier alpha value is -1.13. The van der Waals surface area contributed by atoms with E-state index in [1.165, 1.54) is 62.8 Å². The number of rotatable bonds is 9. The van der Waals surface area contributed by atoms with Gasteiger partial charge < -0.3 is 20.3 Å². The lowest BCUT2D eigenvalue weighted by Gasteiger charge is -2.41. The minimum absolute atomic E-state index is 0.313. The maximum absolute atomic E-state index is 14.4. The average Bonchev–Trinajstić information content (AvgIpc) is 3.28. The molecular weight excluding hydrogens is 443 g/mol. The average molecular weight is 471 g/mol. The first-order chi connectivity index (χ1) is 14.7. The fourth-order valence-corrected chi connectivity index (χ4v) is 5.68. The van der Waals surface area contributed by atoms with E-state index in [2.05, 4.69) is 29.6 Å². The number of benzene rings is 1. The molecule has 164 valence electrons. The predicted molar refractivity (Wildman–Crippen MR) is 124 cm³/mol. The lowest BCUT2D eigenvalue weighted by Crippen LogP contribution is -2.53. The van der Waals surface area contributed by atoms with E-state index in [1.807, 2.05) is 0 Å². The van der Waals surface area contributed by atoms with Gasteiger partial charge in [-0.3, -0.25) is 0 Å². The summed E-state index contributed by atoms with van der Waals surface area (Å²) in [5.74, 6) is 0.565. The molecule has 2 aromatic rings. The topological polar surface area (TPSA) is 65.1 Å². The van der Waals surface area contributed by atoms with Crippen molar-refractivity contribution in [3.63, 3.8) is 0 Å². The third-order valence-corrected chi connectivity index (χ3v) is 7.70. The molecule has 10 heteroatoms. The summed E-state index contributed by atoms with van der Waals surface area (Å²) in [5, 5.41) is 8.11. The van der Waals surface area contributed by atoms with E-state index >= 15 is 0 Å². The van der Waals surface area contributed by atoms with Crippen LogP contribution in [0, 0.1) is 11.7 Å². The van der Waals surface area contributed by atoms with Crippen LogP contribution in [0.4, 0.5) is 15.2 Å². The zero-order chi connectivity index (χ0) is 20.8. The van der Waals surface area contributed by atoms with Crippen molar-refractivity contribution in [3.8, 4) is 0 Å². The van der Waals surface area contributed by atoms with Gasteiger partial charge in [-0.05, 0) is 81.7 Å². The van der Waals surface area contributed by atoms with Crippen LogP contribution in [0.15, 0.2) is 23.4 Å². The van der Waals surface area contributed by atoms with E-state index in [-0.39, 0.29) is 5.82 Å². The highest BCUT2D eigenvalue weighted by atomic mass is 35.5. The smallest absolute Gasteiger partial charge is 0.212 e. The molecule has 1 aromatic carbocycles. The standard InChI is InChI=1S/C20H28ClFN6S2/c21-15-10-19(29-27-20-25-13-26-30-20)16(22)11-17(15)23-6-1-2-8-28-9-5-14-4-3-7-24-18(14)12-28/h10-11,13-14,18,23-24H,1-9,12H2,(H,25,26,27)/t14?,18-/m0/s1. The molecule has 2 atom stereocenters. The number of halogens is 2. The quantitative estimate of drug-likeness (QED) is 0.362. The Bertz CT molecular complexity index is 809. The number of likely N-dealkylation sites (tertiary alicyclic amines) is 1. The summed E-state index contributed by atoms with van der Waals surface area (Å²) in [5.41, 5.74) is 0.640. The number of hydrogen-bond donors (Lipinski definition) is 3. The minimum Gasteiger partial charge on any atom is -0.384 e. The highest BCUT2D eigenvalue weighted by molar-refractivity contribution is 8.00. The second-order valence-electron chi connectivity index (χ2n) is 7.90. The van der Waals surface area contributed by atoms with Crippen LogP contribution in [0.1, 0.15) is 32.1 Å². The SMILES string of the molecule is Fc1cc(NCCCCN2CCC3CCCN[C@H]3C2)c(Cl)cc1SNc1ncns1. The van der Waals surface area contributed by atoms with Crippen molar-refractivity contribution < 1.29 is 4.39 Å². The van der Waals surface area contributed by atoms with E-state index in [9.17, 15) is 4.39 Å². The highest BCUT2D eigenvalue weighted by Gasteiger charge is 2.30. The molecule has 6 nitrogen and oxygen atoms in total. The van der Waals surface area contributed by atoms with Gasteiger partial charge in [0, 0.05) is 30.7 Å². The molecule has 0 aliphatic carbocycles. The molecule has 0 bridgehead atoms. The van der Waals surface area contributed by atoms with Gasteiger partial charge in [0.15, 0.2) is 0 Å².